The predicted molar refractivity (Wildman–Crippen MR) is 117 cm³/mol. The van der Waals surface area contributed by atoms with E-state index in [0.717, 1.165) is 30.3 Å². The van der Waals surface area contributed by atoms with Crippen LogP contribution in [0.25, 0.3) is 22.2 Å². The summed E-state index contributed by atoms with van der Waals surface area (Å²) in [5, 5.41) is 0.717. The molecule has 154 valence electrons. The van der Waals surface area contributed by atoms with Crippen LogP contribution in [0.5, 0.6) is 0 Å². The number of rotatable bonds is 4. The van der Waals surface area contributed by atoms with Crippen molar-refractivity contribution < 1.29 is 14.3 Å². The lowest BCUT2D eigenvalue weighted by Crippen LogP contribution is -2.49. The van der Waals surface area contributed by atoms with E-state index in [-0.39, 0.29) is 24.6 Å². The lowest BCUT2D eigenvalue weighted by molar-refractivity contribution is -0.140. The fourth-order valence-corrected chi connectivity index (χ4v) is 4.29. The van der Waals surface area contributed by atoms with Crippen LogP contribution in [0, 0.1) is 0 Å². The van der Waals surface area contributed by atoms with E-state index >= 15 is 0 Å². The molecular formula is C25H26N2O3. The zero-order valence-corrected chi connectivity index (χ0v) is 17.4. The first-order valence-corrected chi connectivity index (χ1v) is 10.5. The van der Waals surface area contributed by atoms with Crippen LogP contribution in [0.15, 0.2) is 60.7 Å². The number of hydrogen-bond donors (Lipinski definition) is 0. The van der Waals surface area contributed by atoms with E-state index in [2.05, 4.69) is 13.8 Å². The minimum atomic E-state index is -0.503. The molecule has 1 aliphatic rings. The van der Waals surface area contributed by atoms with Crippen molar-refractivity contribution in [3.8, 4) is 11.3 Å². The molecule has 1 saturated heterocycles. The Morgan fingerprint density at radius 3 is 2.40 bits per heavy atom. The highest BCUT2D eigenvalue weighted by atomic mass is 16.5. The van der Waals surface area contributed by atoms with Gasteiger partial charge in [-0.15, -0.1) is 0 Å². The molecular weight excluding hydrogens is 376 g/mol. The largest absolute Gasteiger partial charge is 0.452 e. The van der Waals surface area contributed by atoms with Crippen molar-refractivity contribution in [2.45, 2.75) is 45.2 Å². The Morgan fingerprint density at radius 2 is 1.67 bits per heavy atom. The van der Waals surface area contributed by atoms with E-state index in [1.54, 1.807) is 6.07 Å². The third-order valence-electron chi connectivity index (χ3n) is 5.81. The maximum atomic E-state index is 13.0. The van der Waals surface area contributed by atoms with Gasteiger partial charge in [0, 0.05) is 23.0 Å². The maximum absolute atomic E-state index is 13.0. The van der Waals surface area contributed by atoms with Gasteiger partial charge in [0.25, 0.3) is 5.91 Å². The Balaban J connectivity index is 1.59. The van der Waals surface area contributed by atoms with E-state index < -0.39 is 5.97 Å². The monoisotopic (exact) mass is 402 g/mol. The van der Waals surface area contributed by atoms with E-state index in [1.807, 2.05) is 59.5 Å². The molecule has 2 atom stereocenters. The van der Waals surface area contributed by atoms with Crippen molar-refractivity contribution in [3.63, 3.8) is 0 Å². The number of piperidine rings is 1. The first kappa shape index (κ1) is 20.1. The molecule has 1 aromatic heterocycles. The average Bonchev–Trinajstić information content (AvgIpc) is 2.77. The number of ether oxygens (including phenoxy) is 1. The Kier molecular flexibility index (Phi) is 5.79. The van der Waals surface area contributed by atoms with E-state index in [0.29, 0.717) is 16.6 Å². The molecule has 2 heterocycles. The summed E-state index contributed by atoms with van der Waals surface area (Å²) < 4.78 is 5.48. The molecule has 30 heavy (non-hydrogen) atoms. The van der Waals surface area contributed by atoms with Gasteiger partial charge in [-0.25, -0.2) is 9.78 Å². The van der Waals surface area contributed by atoms with Gasteiger partial charge in [-0.05, 0) is 45.2 Å². The first-order chi connectivity index (χ1) is 14.5. The molecule has 0 unspecified atom stereocenters. The van der Waals surface area contributed by atoms with E-state index in [1.165, 1.54) is 0 Å². The molecule has 1 fully saturated rings. The van der Waals surface area contributed by atoms with Gasteiger partial charge in [0.05, 0.1) is 16.8 Å². The number of fused-ring (bicyclic) bond motifs is 1. The maximum Gasteiger partial charge on any atom is 0.339 e. The molecule has 0 radical (unpaired) electrons. The molecule has 5 nitrogen and oxygen atoms in total. The number of carbonyl (C=O) groups excluding carboxylic acids is 2. The second-order valence-corrected chi connectivity index (χ2v) is 7.94. The smallest absolute Gasteiger partial charge is 0.339 e. The Labute approximate surface area is 176 Å². The Hall–Kier alpha value is -3.21. The molecule has 2 aromatic carbocycles. The Bertz CT molecular complexity index is 1050. The number of carbonyl (C=O) groups is 2. The highest BCUT2D eigenvalue weighted by Gasteiger charge is 2.29. The average molecular weight is 402 g/mol. The minimum Gasteiger partial charge on any atom is -0.452 e. The van der Waals surface area contributed by atoms with Crippen LogP contribution in [-0.2, 0) is 9.53 Å². The van der Waals surface area contributed by atoms with Crippen LogP contribution in [0.1, 0.15) is 43.5 Å². The van der Waals surface area contributed by atoms with Crippen molar-refractivity contribution in [2.24, 2.45) is 0 Å². The summed E-state index contributed by atoms with van der Waals surface area (Å²) in [5.74, 6) is -0.638. The van der Waals surface area contributed by atoms with Gasteiger partial charge in [0.1, 0.15) is 0 Å². The van der Waals surface area contributed by atoms with Crippen LogP contribution in [0.3, 0.4) is 0 Å². The second kappa shape index (κ2) is 8.66. The van der Waals surface area contributed by atoms with Gasteiger partial charge in [0.2, 0.25) is 0 Å². The van der Waals surface area contributed by atoms with Gasteiger partial charge in [-0.2, -0.15) is 0 Å². The summed E-state index contributed by atoms with van der Waals surface area (Å²) in [6, 6.07) is 19.3. The molecule has 4 rings (SSSR count). The topological polar surface area (TPSA) is 59.5 Å². The molecule has 1 amide bonds. The van der Waals surface area contributed by atoms with Crippen LogP contribution in [-0.4, -0.2) is 40.5 Å². The molecule has 0 N–H and O–H groups in total. The van der Waals surface area contributed by atoms with Gasteiger partial charge >= 0.3 is 5.97 Å². The number of aromatic nitrogens is 1. The highest BCUT2D eigenvalue weighted by molar-refractivity contribution is 6.05. The standard InChI is InChI=1S/C25H26N2O3/c1-17-9-8-10-18(2)27(17)24(28)16-30-25(29)21-15-23(19-11-4-3-5-12-19)26-22-14-7-6-13-20(21)22/h3-7,11-15,17-18H,8-10,16H2,1-2H3/t17-,18-/m0/s1. The summed E-state index contributed by atoms with van der Waals surface area (Å²) in [6.45, 7) is 3.86. The first-order valence-electron chi connectivity index (χ1n) is 10.5. The number of likely N-dealkylation sites (tertiary alicyclic amines) is 1. The summed E-state index contributed by atoms with van der Waals surface area (Å²) in [6.07, 6.45) is 3.09. The van der Waals surface area contributed by atoms with E-state index in [9.17, 15) is 9.59 Å². The molecule has 5 heteroatoms. The van der Waals surface area contributed by atoms with Crippen molar-refractivity contribution in [3.05, 3.63) is 66.2 Å². The molecule has 0 aliphatic carbocycles. The molecule has 3 aromatic rings. The lowest BCUT2D eigenvalue weighted by atomic mass is 9.97. The number of hydrogen-bond acceptors (Lipinski definition) is 4. The zero-order valence-electron chi connectivity index (χ0n) is 17.4. The number of pyridine rings is 1. The van der Waals surface area contributed by atoms with E-state index in [4.69, 9.17) is 9.72 Å². The normalized spacial score (nSPS) is 18.9. The van der Waals surface area contributed by atoms with Crippen LogP contribution in [0.2, 0.25) is 0 Å². The number of para-hydroxylation sites is 1. The molecule has 1 aliphatic heterocycles. The summed E-state index contributed by atoms with van der Waals surface area (Å²) in [7, 11) is 0. The van der Waals surface area contributed by atoms with Crippen molar-refractivity contribution in [1.82, 2.24) is 9.88 Å². The number of benzene rings is 2. The molecule has 0 saturated carbocycles. The predicted octanol–water partition coefficient (Wildman–Crippen LogP) is 4.85. The van der Waals surface area contributed by atoms with Crippen molar-refractivity contribution in [2.75, 3.05) is 6.61 Å². The van der Waals surface area contributed by atoms with Gasteiger partial charge in [-0.1, -0.05) is 48.5 Å². The molecule has 0 spiro atoms. The zero-order chi connectivity index (χ0) is 21.1. The summed E-state index contributed by atoms with van der Waals surface area (Å²) in [4.78, 5) is 32.3. The van der Waals surface area contributed by atoms with Crippen LogP contribution in [0.4, 0.5) is 0 Å². The minimum absolute atomic E-state index is 0.135. The quantitative estimate of drug-likeness (QED) is 0.586. The fourth-order valence-electron chi connectivity index (χ4n) is 4.29. The van der Waals surface area contributed by atoms with Gasteiger partial charge in [-0.3, -0.25) is 4.79 Å². The van der Waals surface area contributed by atoms with Crippen molar-refractivity contribution >= 4 is 22.8 Å². The third kappa shape index (κ3) is 4.06. The molecule has 0 bridgehead atoms. The number of amides is 1. The van der Waals surface area contributed by atoms with Crippen LogP contribution < -0.4 is 0 Å². The van der Waals surface area contributed by atoms with Crippen molar-refractivity contribution in [1.29, 1.82) is 0 Å². The van der Waals surface area contributed by atoms with Gasteiger partial charge < -0.3 is 9.64 Å². The SMILES string of the molecule is C[C@H]1CCC[C@H](C)N1C(=O)COC(=O)c1cc(-c2ccccc2)nc2ccccc12. The lowest BCUT2D eigenvalue weighted by Gasteiger charge is -2.38. The highest BCUT2D eigenvalue weighted by Crippen LogP contribution is 2.26. The fraction of sp³-hybridized carbons (Fsp3) is 0.320. The van der Waals surface area contributed by atoms with Crippen LogP contribution >= 0.6 is 0 Å². The summed E-state index contributed by atoms with van der Waals surface area (Å²) in [5.41, 5.74) is 2.76. The number of esters is 1. The number of nitrogens with zero attached hydrogens (tertiary/aromatic N) is 2. The summed E-state index contributed by atoms with van der Waals surface area (Å²) >= 11 is 0. The van der Waals surface area contributed by atoms with Gasteiger partial charge in [0.15, 0.2) is 6.61 Å². The third-order valence-corrected chi connectivity index (χ3v) is 5.81. The Morgan fingerprint density at radius 1 is 1.00 bits per heavy atom. The second-order valence-electron chi connectivity index (χ2n) is 7.94.